The van der Waals surface area contributed by atoms with Crippen molar-refractivity contribution in [2.24, 2.45) is 9.63 Å². The lowest BCUT2D eigenvalue weighted by atomic mass is 10.2. The fourth-order valence-electron chi connectivity index (χ4n) is 2.24. The number of sulfonamides is 1. The predicted molar refractivity (Wildman–Crippen MR) is 97.8 cm³/mol. The molecule has 1 aromatic heterocycles. The summed E-state index contributed by atoms with van der Waals surface area (Å²) in [5.41, 5.74) is 0.124. The molecule has 8 nitrogen and oxygen atoms in total. The van der Waals surface area contributed by atoms with E-state index in [1.807, 2.05) is 0 Å². The minimum Gasteiger partial charge on any atom is -0.493 e. The Kier molecular flexibility index (Phi) is 4.47. The number of H-pyrrole nitrogens is 1. The lowest BCUT2D eigenvalue weighted by Crippen LogP contribution is -2.06. The molecule has 0 spiro atoms. The Balaban J connectivity index is 2.10. The molecule has 3 N–H and O–H groups in total. The zero-order valence-electron chi connectivity index (χ0n) is 12.3. The van der Waals surface area contributed by atoms with Crippen molar-refractivity contribution in [3.05, 3.63) is 51.6 Å². The first kappa shape index (κ1) is 17.4. The van der Waals surface area contributed by atoms with E-state index in [4.69, 9.17) is 5.11 Å². The summed E-state index contributed by atoms with van der Waals surface area (Å²) in [7, 11) is -4.36. The number of aromatic hydroxyl groups is 1. The highest BCUT2D eigenvalue weighted by atomic mass is 127. The summed E-state index contributed by atoms with van der Waals surface area (Å²) in [5.74, 6) is -1.72. The fraction of sp³-hybridized carbons (Fsp3) is 0. The molecule has 0 amide bonds. The van der Waals surface area contributed by atoms with Crippen molar-refractivity contribution in [2.75, 3.05) is 0 Å². The van der Waals surface area contributed by atoms with Crippen molar-refractivity contribution in [2.45, 2.75) is 4.90 Å². The van der Waals surface area contributed by atoms with Crippen LogP contribution < -0.4 is 0 Å². The molecule has 0 radical (unpaired) electrons. The normalized spacial score (nSPS) is 12.0. The van der Waals surface area contributed by atoms with Crippen molar-refractivity contribution in [1.29, 1.82) is 0 Å². The van der Waals surface area contributed by atoms with Crippen molar-refractivity contribution in [3.63, 3.8) is 0 Å². The first-order valence-electron chi connectivity index (χ1n) is 6.80. The molecule has 0 aliphatic heterocycles. The van der Waals surface area contributed by atoms with E-state index in [0.717, 1.165) is 15.7 Å². The Labute approximate surface area is 155 Å². The van der Waals surface area contributed by atoms with E-state index < -0.39 is 26.5 Å². The van der Waals surface area contributed by atoms with Crippen LogP contribution >= 0.6 is 22.6 Å². The van der Waals surface area contributed by atoms with Gasteiger partial charge in [0, 0.05) is 8.96 Å². The lowest BCUT2D eigenvalue weighted by Gasteiger charge is -2.02. The highest BCUT2D eigenvalue weighted by molar-refractivity contribution is 14.1. The molecular formula is C15H10IN3O5S. The van der Waals surface area contributed by atoms with Gasteiger partial charge >= 0.3 is 16.0 Å². The maximum absolute atomic E-state index is 12.3. The molecule has 0 bridgehead atoms. The van der Waals surface area contributed by atoms with Crippen LogP contribution in [0, 0.1) is 3.57 Å². The van der Waals surface area contributed by atoms with Crippen LogP contribution in [-0.2, 0) is 10.0 Å². The van der Waals surface area contributed by atoms with Crippen molar-refractivity contribution in [3.8, 4) is 5.88 Å². The minimum atomic E-state index is -4.36. The third kappa shape index (κ3) is 3.35. The Hall–Kier alpha value is -2.47. The molecule has 1 heterocycles. The van der Waals surface area contributed by atoms with Crippen LogP contribution in [0.15, 0.2) is 57.0 Å². The minimum absolute atomic E-state index is 0.0371. The molecular weight excluding hydrogens is 461 g/mol. The molecule has 0 aliphatic carbocycles. The number of rotatable bonds is 4. The molecule has 0 atom stereocenters. The second-order valence-corrected chi connectivity index (χ2v) is 7.77. The zero-order valence-corrected chi connectivity index (χ0v) is 15.3. The van der Waals surface area contributed by atoms with Crippen LogP contribution in [0.25, 0.3) is 10.9 Å². The summed E-state index contributed by atoms with van der Waals surface area (Å²) in [6, 6.07) is 10.3. The number of carboxylic acid groups (broad SMARTS) is 1. The van der Waals surface area contributed by atoms with Gasteiger partial charge in [-0.05, 0) is 52.9 Å². The van der Waals surface area contributed by atoms with E-state index in [1.165, 1.54) is 12.1 Å². The Morgan fingerprint density at radius 1 is 1.16 bits per heavy atom. The van der Waals surface area contributed by atoms with Crippen molar-refractivity contribution >= 4 is 55.2 Å². The number of hydrogen-bond acceptors (Lipinski definition) is 5. The van der Waals surface area contributed by atoms with Gasteiger partial charge in [0.2, 0.25) is 5.88 Å². The van der Waals surface area contributed by atoms with E-state index in [2.05, 4.69) is 37.2 Å². The second kappa shape index (κ2) is 6.44. The first-order chi connectivity index (χ1) is 11.8. The summed E-state index contributed by atoms with van der Waals surface area (Å²) >= 11 is 2.07. The van der Waals surface area contributed by atoms with Crippen LogP contribution in [0.5, 0.6) is 5.88 Å². The number of nitrogens with one attached hydrogen (secondary N) is 1. The maximum Gasteiger partial charge on any atom is 0.337 e. The van der Waals surface area contributed by atoms with Gasteiger partial charge in [-0.2, -0.15) is 8.42 Å². The van der Waals surface area contributed by atoms with E-state index in [0.29, 0.717) is 10.9 Å². The fourth-order valence-corrected chi connectivity index (χ4v) is 3.70. The van der Waals surface area contributed by atoms with Crippen molar-refractivity contribution in [1.82, 2.24) is 4.98 Å². The number of halogens is 1. The number of aromatic carboxylic acids is 1. The van der Waals surface area contributed by atoms with Gasteiger partial charge in [0.05, 0.1) is 11.1 Å². The standard InChI is InChI=1S/C15H10IN3O5S/c16-8-5-6-11-10(7-8)13(14(20)17-11)18-19-25(23,24)12-4-2-1-3-9(12)15(21)22/h1-7,17,20H,(H,21,22). The number of carboxylic acids is 1. The molecule has 0 saturated carbocycles. The number of fused-ring (bicyclic) bond motifs is 1. The monoisotopic (exact) mass is 471 g/mol. The molecule has 0 saturated heterocycles. The topological polar surface area (TPSA) is 132 Å². The number of nitrogens with zero attached hydrogens (tertiary/aromatic N) is 2. The van der Waals surface area contributed by atoms with E-state index >= 15 is 0 Å². The van der Waals surface area contributed by atoms with Crippen molar-refractivity contribution < 1.29 is 23.4 Å². The van der Waals surface area contributed by atoms with E-state index in [1.54, 1.807) is 18.2 Å². The molecule has 3 aromatic rings. The molecule has 25 heavy (non-hydrogen) atoms. The van der Waals surface area contributed by atoms with Crippen LogP contribution in [0.1, 0.15) is 10.4 Å². The summed E-state index contributed by atoms with van der Waals surface area (Å²) < 4.78 is 28.9. The lowest BCUT2D eigenvalue weighted by molar-refractivity contribution is 0.0692. The zero-order chi connectivity index (χ0) is 18.2. The number of carbonyl (C=O) groups is 1. The predicted octanol–water partition coefficient (Wildman–Crippen LogP) is 3.65. The highest BCUT2D eigenvalue weighted by Gasteiger charge is 2.22. The Morgan fingerprint density at radius 2 is 1.88 bits per heavy atom. The molecule has 2 aromatic carbocycles. The van der Waals surface area contributed by atoms with Gasteiger partial charge in [-0.15, -0.1) is 5.11 Å². The smallest absolute Gasteiger partial charge is 0.337 e. The third-order valence-corrected chi connectivity index (χ3v) is 5.24. The van der Waals surface area contributed by atoms with E-state index in [9.17, 15) is 18.3 Å². The number of aromatic amines is 1. The summed E-state index contributed by atoms with van der Waals surface area (Å²) in [6.07, 6.45) is 0. The van der Waals surface area contributed by atoms with Gasteiger partial charge < -0.3 is 15.2 Å². The second-order valence-electron chi connectivity index (χ2n) is 4.97. The van der Waals surface area contributed by atoms with Gasteiger partial charge in [-0.1, -0.05) is 16.7 Å². The van der Waals surface area contributed by atoms with Gasteiger partial charge in [0.1, 0.15) is 4.90 Å². The molecule has 10 heteroatoms. The van der Waals surface area contributed by atoms with Crippen LogP contribution in [-0.4, -0.2) is 29.6 Å². The maximum atomic E-state index is 12.3. The molecule has 0 fully saturated rings. The van der Waals surface area contributed by atoms with Gasteiger partial charge in [0.15, 0.2) is 5.69 Å². The van der Waals surface area contributed by atoms with Crippen LogP contribution in [0.4, 0.5) is 5.69 Å². The largest absolute Gasteiger partial charge is 0.493 e. The highest BCUT2D eigenvalue weighted by Crippen LogP contribution is 2.36. The Morgan fingerprint density at radius 3 is 2.60 bits per heavy atom. The molecule has 3 rings (SSSR count). The molecule has 128 valence electrons. The Bertz CT molecular complexity index is 1120. The van der Waals surface area contributed by atoms with Gasteiger partial charge in [-0.25, -0.2) is 4.79 Å². The number of hydrogen-bond donors (Lipinski definition) is 3. The first-order valence-corrected chi connectivity index (χ1v) is 9.32. The summed E-state index contributed by atoms with van der Waals surface area (Å²) in [5, 5.41) is 23.2. The average Bonchev–Trinajstić information content (AvgIpc) is 2.87. The average molecular weight is 471 g/mol. The molecule has 0 aliphatic rings. The number of aromatic nitrogens is 1. The number of benzene rings is 2. The van der Waals surface area contributed by atoms with Gasteiger partial charge in [-0.3, -0.25) is 0 Å². The van der Waals surface area contributed by atoms with Gasteiger partial charge in [0.25, 0.3) is 0 Å². The molecule has 0 unspecified atom stereocenters. The third-order valence-electron chi connectivity index (χ3n) is 3.36. The van der Waals surface area contributed by atoms with E-state index in [-0.39, 0.29) is 11.6 Å². The van der Waals surface area contributed by atoms with Crippen LogP contribution in [0.3, 0.4) is 0 Å². The van der Waals surface area contributed by atoms with Crippen LogP contribution in [0.2, 0.25) is 0 Å². The quantitative estimate of drug-likeness (QED) is 0.395. The summed E-state index contributed by atoms with van der Waals surface area (Å²) in [6.45, 7) is 0. The SMILES string of the molecule is O=C(O)c1ccccc1S(=O)(=O)N=Nc1c(O)[nH]c2ccc(I)cc12. The summed E-state index contributed by atoms with van der Waals surface area (Å²) in [4.78, 5) is 13.4.